The highest BCUT2D eigenvalue weighted by Crippen LogP contribution is 2.15. The number of nitrogens with one attached hydrogen (secondary N) is 1. The number of ketones is 1. The van der Waals surface area contributed by atoms with Gasteiger partial charge < -0.3 is 10.2 Å². The quantitative estimate of drug-likeness (QED) is 0.728. The SMILES string of the molecule is CC(C)NCC(=O)C1CCCN(C)C1. The minimum absolute atomic E-state index is 0.264. The fourth-order valence-electron chi connectivity index (χ4n) is 1.88. The Morgan fingerprint density at radius 1 is 1.57 bits per heavy atom. The summed E-state index contributed by atoms with van der Waals surface area (Å²) in [7, 11) is 2.09. The third kappa shape index (κ3) is 3.76. The second kappa shape index (κ2) is 5.47. The second-order valence-corrected chi connectivity index (χ2v) is 4.60. The van der Waals surface area contributed by atoms with Crippen LogP contribution in [0.25, 0.3) is 0 Å². The summed E-state index contributed by atoms with van der Waals surface area (Å²) in [6.07, 6.45) is 2.23. The van der Waals surface area contributed by atoms with Gasteiger partial charge in [-0.3, -0.25) is 4.79 Å². The van der Waals surface area contributed by atoms with Gasteiger partial charge in [-0.1, -0.05) is 13.8 Å². The molecule has 1 N–H and O–H groups in total. The van der Waals surface area contributed by atoms with Crippen LogP contribution in [0.15, 0.2) is 0 Å². The normalized spacial score (nSPS) is 24.1. The average molecular weight is 198 g/mol. The summed E-state index contributed by atoms with van der Waals surface area (Å²) in [6.45, 7) is 6.76. The van der Waals surface area contributed by atoms with Gasteiger partial charge in [0.1, 0.15) is 0 Å². The third-order valence-corrected chi connectivity index (χ3v) is 2.76. The van der Waals surface area contributed by atoms with Crippen LogP contribution < -0.4 is 5.32 Å². The predicted octanol–water partition coefficient (Wildman–Crippen LogP) is 0.895. The van der Waals surface area contributed by atoms with E-state index < -0.39 is 0 Å². The number of rotatable bonds is 4. The molecule has 0 aromatic rings. The summed E-state index contributed by atoms with van der Waals surface area (Å²) < 4.78 is 0. The number of piperidine rings is 1. The minimum atomic E-state index is 0.264. The van der Waals surface area contributed by atoms with Crippen LogP contribution in [0.1, 0.15) is 26.7 Å². The molecule has 0 spiro atoms. The molecule has 1 aliphatic rings. The monoisotopic (exact) mass is 198 g/mol. The molecule has 1 unspecified atom stereocenters. The van der Waals surface area contributed by atoms with Crippen molar-refractivity contribution in [2.45, 2.75) is 32.7 Å². The number of carbonyl (C=O) groups excluding carboxylic acids is 1. The zero-order valence-electron chi connectivity index (χ0n) is 9.55. The van der Waals surface area contributed by atoms with E-state index in [1.807, 2.05) is 0 Å². The van der Waals surface area contributed by atoms with Crippen LogP contribution in [0.2, 0.25) is 0 Å². The molecule has 0 aliphatic carbocycles. The zero-order valence-corrected chi connectivity index (χ0v) is 9.55. The number of hydrogen-bond donors (Lipinski definition) is 1. The number of likely N-dealkylation sites (tertiary alicyclic amines) is 1. The van der Waals surface area contributed by atoms with Gasteiger partial charge in [0.05, 0.1) is 6.54 Å². The summed E-state index contributed by atoms with van der Waals surface area (Å²) in [5, 5.41) is 3.19. The lowest BCUT2D eigenvalue weighted by atomic mass is 9.94. The fraction of sp³-hybridized carbons (Fsp3) is 0.909. The summed E-state index contributed by atoms with van der Waals surface area (Å²) in [6, 6.07) is 0.403. The number of Topliss-reactive ketones (excluding diaryl/α,β-unsaturated/α-hetero) is 1. The van der Waals surface area contributed by atoms with Crippen LogP contribution in [0.3, 0.4) is 0 Å². The molecule has 14 heavy (non-hydrogen) atoms. The van der Waals surface area contributed by atoms with E-state index in [-0.39, 0.29) is 5.92 Å². The zero-order chi connectivity index (χ0) is 10.6. The molecule has 1 aliphatic heterocycles. The number of nitrogens with zero attached hydrogens (tertiary/aromatic N) is 1. The van der Waals surface area contributed by atoms with Gasteiger partial charge in [-0.15, -0.1) is 0 Å². The van der Waals surface area contributed by atoms with Crippen molar-refractivity contribution < 1.29 is 4.79 Å². The average Bonchev–Trinajstić information content (AvgIpc) is 2.14. The Kier molecular flexibility index (Phi) is 4.55. The van der Waals surface area contributed by atoms with Crippen molar-refractivity contribution >= 4 is 5.78 Å². The Bertz CT molecular complexity index is 192. The molecular weight excluding hydrogens is 176 g/mol. The molecule has 0 radical (unpaired) electrons. The van der Waals surface area contributed by atoms with E-state index >= 15 is 0 Å². The number of carbonyl (C=O) groups is 1. The molecule has 1 rings (SSSR count). The van der Waals surface area contributed by atoms with E-state index in [0.717, 1.165) is 25.9 Å². The maximum absolute atomic E-state index is 11.8. The van der Waals surface area contributed by atoms with Gasteiger partial charge in [-0.05, 0) is 26.4 Å². The van der Waals surface area contributed by atoms with Gasteiger partial charge in [0.25, 0.3) is 0 Å². The highest BCUT2D eigenvalue weighted by atomic mass is 16.1. The van der Waals surface area contributed by atoms with Crippen molar-refractivity contribution in [2.24, 2.45) is 5.92 Å². The van der Waals surface area contributed by atoms with Gasteiger partial charge in [-0.25, -0.2) is 0 Å². The Morgan fingerprint density at radius 3 is 2.86 bits per heavy atom. The van der Waals surface area contributed by atoms with Crippen molar-refractivity contribution in [2.75, 3.05) is 26.7 Å². The van der Waals surface area contributed by atoms with Gasteiger partial charge in [0, 0.05) is 18.5 Å². The van der Waals surface area contributed by atoms with Crippen molar-refractivity contribution in [3.05, 3.63) is 0 Å². The van der Waals surface area contributed by atoms with E-state index in [4.69, 9.17) is 0 Å². The molecule has 1 fully saturated rings. The first-order valence-electron chi connectivity index (χ1n) is 5.54. The number of hydrogen-bond acceptors (Lipinski definition) is 3. The molecule has 0 aromatic carbocycles. The lowest BCUT2D eigenvalue weighted by molar-refractivity contribution is -0.123. The first kappa shape index (κ1) is 11.7. The first-order chi connectivity index (χ1) is 6.59. The molecule has 1 saturated heterocycles. The van der Waals surface area contributed by atoms with E-state index in [1.165, 1.54) is 0 Å². The van der Waals surface area contributed by atoms with Crippen molar-refractivity contribution in [1.82, 2.24) is 10.2 Å². The van der Waals surface area contributed by atoms with Crippen molar-refractivity contribution in [3.63, 3.8) is 0 Å². The Balaban J connectivity index is 2.29. The lowest BCUT2D eigenvalue weighted by Gasteiger charge is -2.28. The molecule has 3 heteroatoms. The van der Waals surface area contributed by atoms with Gasteiger partial charge in [0.15, 0.2) is 5.78 Å². The summed E-state index contributed by atoms with van der Waals surface area (Å²) in [4.78, 5) is 14.0. The van der Waals surface area contributed by atoms with Gasteiger partial charge in [-0.2, -0.15) is 0 Å². The smallest absolute Gasteiger partial charge is 0.150 e. The first-order valence-corrected chi connectivity index (χ1v) is 5.54. The molecule has 1 heterocycles. The van der Waals surface area contributed by atoms with Crippen molar-refractivity contribution in [1.29, 1.82) is 0 Å². The Morgan fingerprint density at radius 2 is 2.29 bits per heavy atom. The molecule has 1 atom stereocenters. The van der Waals surface area contributed by atoms with E-state index in [0.29, 0.717) is 18.4 Å². The van der Waals surface area contributed by atoms with Gasteiger partial charge in [0.2, 0.25) is 0 Å². The van der Waals surface area contributed by atoms with Crippen LogP contribution in [0.4, 0.5) is 0 Å². The second-order valence-electron chi connectivity index (χ2n) is 4.60. The maximum atomic E-state index is 11.8. The standard InChI is InChI=1S/C11H22N2O/c1-9(2)12-7-11(14)10-5-4-6-13(3)8-10/h9-10,12H,4-8H2,1-3H3. The van der Waals surface area contributed by atoms with Gasteiger partial charge >= 0.3 is 0 Å². The summed E-state index contributed by atoms with van der Waals surface area (Å²) in [5.41, 5.74) is 0. The molecule has 3 nitrogen and oxygen atoms in total. The van der Waals surface area contributed by atoms with Crippen LogP contribution in [-0.2, 0) is 4.79 Å². The lowest BCUT2D eigenvalue weighted by Crippen LogP contribution is -2.40. The van der Waals surface area contributed by atoms with E-state index in [1.54, 1.807) is 0 Å². The molecule has 0 amide bonds. The Labute approximate surface area is 86.9 Å². The molecule has 0 aromatic heterocycles. The van der Waals surface area contributed by atoms with Crippen LogP contribution in [0.5, 0.6) is 0 Å². The van der Waals surface area contributed by atoms with E-state index in [9.17, 15) is 4.79 Å². The van der Waals surface area contributed by atoms with E-state index in [2.05, 4.69) is 31.1 Å². The van der Waals surface area contributed by atoms with Crippen LogP contribution in [0, 0.1) is 5.92 Å². The molecule has 0 bridgehead atoms. The molecule has 82 valence electrons. The maximum Gasteiger partial charge on any atom is 0.150 e. The fourth-order valence-corrected chi connectivity index (χ4v) is 1.88. The Hall–Kier alpha value is -0.410. The molecular formula is C11H22N2O. The summed E-state index contributed by atoms with van der Waals surface area (Å²) >= 11 is 0. The highest BCUT2D eigenvalue weighted by molar-refractivity contribution is 5.83. The largest absolute Gasteiger partial charge is 0.308 e. The van der Waals surface area contributed by atoms with Crippen LogP contribution in [-0.4, -0.2) is 43.4 Å². The van der Waals surface area contributed by atoms with Crippen molar-refractivity contribution in [3.8, 4) is 0 Å². The summed E-state index contributed by atoms with van der Waals surface area (Å²) in [5.74, 6) is 0.644. The molecule has 0 saturated carbocycles. The predicted molar refractivity (Wildman–Crippen MR) is 58.4 cm³/mol. The minimum Gasteiger partial charge on any atom is -0.308 e. The highest BCUT2D eigenvalue weighted by Gasteiger charge is 2.23. The third-order valence-electron chi connectivity index (χ3n) is 2.76. The topological polar surface area (TPSA) is 32.3 Å². The van der Waals surface area contributed by atoms with Crippen LogP contribution >= 0.6 is 0 Å².